The van der Waals surface area contributed by atoms with Crippen LogP contribution in [0, 0.1) is 6.92 Å². The van der Waals surface area contributed by atoms with Crippen molar-refractivity contribution in [2.45, 2.75) is 6.92 Å². The van der Waals surface area contributed by atoms with Crippen LogP contribution in [0.15, 0.2) is 53.3 Å². The molecule has 116 valence electrons. The zero-order valence-electron chi connectivity index (χ0n) is 12.8. The molecule has 0 spiro atoms. The summed E-state index contributed by atoms with van der Waals surface area (Å²) in [5, 5.41) is 6.32. The molecule has 0 saturated heterocycles. The molecule has 0 amide bonds. The highest BCUT2D eigenvalue weighted by Crippen LogP contribution is 2.25. The van der Waals surface area contributed by atoms with Gasteiger partial charge >= 0.3 is 0 Å². The van der Waals surface area contributed by atoms with Crippen LogP contribution < -0.4 is 10.6 Å². The zero-order chi connectivity index (χ0) is 16.2. The lowest BCUT2D eigenvalue weighted by Gasteiger charge is -2.11. The third-order valence-electron chi connectivity index (χ3n) is 3.34. The smallest absolute Gasteiger partial charge is 0.224 e. The lowest BCUT2D eigenvalue weighted by molar-refractivity contribution is 1.15. The van der Waals surface area contributed by atoms with E-state index in [1.165, 1.54) is 0 Å². The van der Waals surface area contributed by atoms with Gasteiger partial charge in [0, 0.05) is 41.2 Å². The first-order chi connectivity index (χ1) is 11.2. The number of nitrogens with zero attached hydrogens (tertiary/aromatic N) is 3. The molecule has 23 heavy (non-hydrogen) atoms. The van der Waals surface area contributed by atoms with Crippen molar-refractivity contribution in [2.75, 3.05) is 17.7 Å². The van der Waals surface area contributed by atoms with Crippen LogP contribution >= 0.6 is 15.9 Å². The summed E-state index contributed by atoms with van der Waals surface area (Å²) in [6.45, 7) is 2.05. The second-order valence-electron chi connectivity index (χ2n) is 5.04. The number of aryl methyl sites for hydroxylation is 1. The summed E-state index contributed by atoms with van der Waals surface area (Å²) in [7, 11) is 1.80. The first-order valence-corrected chi connectivity index (χ1v) is 7.95. The molecule has 2 aromatic heterocycles. The van der Waals surface area contributed by atoms with Crippen molar-refractivity contribution in [1.29, 1.82) is 0 Å². The highest BCUT2D eigenvalue weighted by molar-refractivity contribution is 9.10. The number of benzene rings is 1. The number of aromatic nitrogens is 3. The minimum absolute atomic E-state index is 0.558. The molecule has 2 N–H and O–H groups in total. The molecule has 6 heteroatoms. The van der Waals surface area contributed by atoms with Gasteiger partial charge in [0.25, 0.3) is 0 Å². The molecule has 0 fully saturated rings. The number of nitrogens with one attached hydrogen (secondary N) is 2. The molecular formula is C17H16BrN5. The van der Waals surface area contributed by atoms with Gasteiger partial charge in [-0.2, -0.15) is 4.98 Å². The van der Waals surface area contributed by atoms with Crippen LogP contribution in [0.5, 0.6) is 0 Å². The summed E-state index contributed by atoms with van der Waals surface area (Å²) < 4.78 is 1.08. The molecule has 3 aromatic rings. The standard InChI is InChI=1S/C17H16BrN5/c1-11-8-13(5-6-14(11)18)21-16-9-15(22-17(19-2)23-16)12-4-3-7-20-10-12/h3-10H,1-2H3,(H2,19,21,22,23). The van der Waals surface area contributed by atoms with E-state index in [-0.39, 0.29) is 0 Å². The zero-order valence-corrected chi connectivity index (χ0v) is 14.4. The molecule has 5 nitrogen and oxygen atoms in total. The van der Waals surface area contributed by atoms with Crippen LogP contribution in [-0.4, -0.2) is 22.0 Å². The van der Waals surface area contributed by atoms with Crippen molar-refractivity contribution in [3.63, 3.8) is 0 Å². The van der Waals surface area contributed by atoms with Gasteiger partial charge in [-0.05, 0) is 42.8 Å². The van der Waals surface area contributed by atoms with E-state index in [1.807, 2.05) is 30.3 Å². The molecule has 0 aliphatic heterocycles. The van der Waals surface area contributed by atoms with Crippen LogP contribution in [0.2, 0.25) is 0 Å². The number of pyridine rings is 1. The highest BCUT2D eigenvalue weighted by atomic mass is 79.9. The fourth-order valence-corrected chi connectivity index (χ4v) is 2.40. The Hall–Kier alpha value is -2.47. The molecule has 0 atom stereocenters. The summed E-state index contributed by atoms with van der Waals surface area (Å²) >= 11 is 3.51. The van der Waals surface area contributed by atoms with E-state index >= 15 is 0 Å². The minimum Gasteiger partial charge on any atom is -0.357 e. The van der Waals surface area contributed by atoms with Crippen LogP contribution in [0.1, 0.15) is 5.56 Å². The number of halogens is 1. The fourth-order valence-electron chi connectivity index (χ4n) is 2.16. The van der Waals surface area contributed by atoms with Gasteiger partial charge in [0.05, 0.1) is 5.69 Å². The Bertz CT molecular complexity index is 820. The predicted octanol–water partition coefficient (Wildman–Crippen LogP) is 4.39. The van der Waals surface area contributed by atoms with E-state index in [0.29, 0.717) is 5.95 Å². The van der Waals surface area contributed by atoms with Gasteiger partial charge in [-0.15, -0.1) is 0 Å². The molecule has 0 bridgehead atoms. The van der Waals surface area contributed by atoms with Crippen molar-refractivity contribution in [1.82, 2.24) is 15.0 Å². The Morgan fingerprint density at radius 2 is 1.96 bits per heavy atom. The van der Waals surface area contributed by atoms with E-state index in [2.05, 4.69) is 54.5 Å². The minimum atomic E-state index is 0.558. The van der Waals surface area contributed by atoms with Crippen LogP contribution in [0.25, 0.3) is 11.3 Å². The third kappa shape index (κ3) is 3.65. The highest BCUT2D eigenvalue weighted by Gasteiger charge is 2.07. The van der Waals surface area contributed by atoms with Crippen molar-refractivity contribution < 1.29 is 0 Å². The summed E-state index contributed by atoms with van der Waals surface area (Å²) in [4.78, 5) is 13.1. The van der Waals surface area contributed by atoms with Crippen molar-refractivity contribution >= 4 is 33.4 Å². The molecule has 2 heterocycles. The number of hydrogen-bond acceptors (Lipinski definition) is 5. The average molecular weight is 370 g/mol. The third-order valence-corrected chi connectivity index (χ3v) is 4.23. The average Bonchev–Trinajstić information content (AvgIpc) is 2.58. The first kappa shape index (κ1) is 15.4. The number of anilines is 3. The van der Waals surface area contributed by atoms with E-state index in [4.69, 9.17) is 0 Å². The molecule has 0 aliphatic carbocycles. The Kier molecular flexibility index (Phi) is 4.52. The molecule has 0 unspecified atom stereocenters. The second-order valence-corrected chi connectivity index (χ2v) is 5.90. The van der Waals surface area contributed by atoms with Gasteiger partial charge in [0.1, 0.15) is 5.82 Å². The van der Waals surface area contributed by atoms with Gasteiger partial charge in [-0.25, -0.2) is 4.98 Å². The largest absolute Gasteiger partial charge is 0.357 e. The normalized spacial score (nSPS) is 10.4. The monoisotopic (exact) mass is 369 g/mol. The molecule has 0 saturated carbocycles. The molecule has 1 aromatic carbocycles. The molecular weight excluding hydrogens is 354 g/mol. The number of hydrogen-bond donors (Lipinski definition) is 2. The van der Waals surface area contributed by atoms with Gasteiger partial charge in [0.15, 0.2) is 0 Å². The number of rotatable bonds is 4. The SMILES string of the molecule is CNc1nc(Nc2ccc(Br)c(C)c2)cc(-c2cccnc2)n1. The van der Waals surface area contributed by atoms with Crippen molar-refractivity contribution in [3.8, 4) is 11.3 Å². The molecule has 3 rings (SSSR count). The maximum absolute atomic E-state index is 4.49. The summed E-state index contributed by atoms with van der Waals surface area (Å²) in [6.07, 6.45) is 3.53. The lowest BCUT2D eigenvalue weighted by Crippen LogP contribution is -2.02. The van der Waals surface area contributed by atoms with Crippen LogP contribution in [-0.2, 0) is 0 Å². The maximum Gasteiger partial charge on any atom is 0.224 e. The van der Waals surface area contributed by atoms with Crippen molar-refractivity contribution in [3.05, 3.63) is 58.8 Å². The van der Waals surface area contributed by atoms with E-state index in [0.717, 1.165) is 32.8 Å². The Labute approximate surface area is 143 Å². The molecule has 0 aliphatic rings. The van der Waals surface area contributed by atoms with Gasteiger partial charge in [-0.3, -0.25) is 4.98 Å². The topological polar surface area (TPSA) is 62.7 Å². The van der Waals surface area contributed by atoms with E-state index in [1.54, 1.807) is 19.4 Å². The Morgan fingerprint density at radius 3 is 2.65 bits per heavy atom. The predicted molar refractivity (Wildman–Crippen MR) is 97.0 cm³/mol. The van der Waals surface area contributed by atoms with Gasteiger partial charge in [0.2, 0.25) is 5.95 Å². The maximum atomic E-state index is 4.49. The molecule has 0 radical (unpaired) electrons. The van der Waals surface area contributed by atoms with Gasteiger partial charge < -0.3 is 10.6 Å². The van der Waals surface area contributed by atoms with Crippen LogP contribution in [0.4, 0.5) is 17.5 Å². The summed E-state index contributed by atoms with van der Waals surface area (Å²) in [6, 6.07) is 11.9. The summed E-state index contributed by atoms with van der Waals surface area (Å²) in [5.74, 6) is 1.28. The Morgan fingerprint density at radius 1 is 1.09 bits per heavy atom. The van der Waals surface area contributed by atoms with E-state index in [9.17, 15) is 0 Å². The first-order valence-electron chi connectivity index (χ1n) is 7.16. The fraction of sp³-hybridized carbons (Fsp3) is 0.118. The second kappa shape index (κ2) is 6.75. The van der Waals surface area contributed by atoms with Crippen molar-refractivity contribution in [2.24, 2.45) is 0 Å². The quantitative estimate of drug-likeness (QED) is 0.713. The van der Waals surface area contributed by atoms with Gasteiger partial charge in [-0.1, -0.05) is 15.9 Å². The van der Waals surface area contributed by atoms with Crippen LogP contribution in [0.3, 0.4) is 0 Å². The Balaban J connectivity index is 1.97. The summed E-state index contributed by atoms with van der Waals surface area (Å²) in [5.41, 5.74) is 3.89. The lowest BCUT2D eigenvalue weighted by atomic mass is 10.2. The van der Waals surface area contributed by atoms with E-state index < -0.39 is 0 Å².